The molecule has 0 N–H and O–H groups in total. The van der Waals surface area contributed by atoms with E-state index in [1.165, 1.54) is 13.2 Å². The fraction of sp³-hybridized carbons (Fsp3) is 0.0667. The lowest BCUT2D eigenvalue weighted by Crippen LogP contribution is -1.94. The monoisotopic (exact) mass is 256 g/mol. The highest BCUT2D eigenvalue weighted by molar-refractivity contribution is 5.83. The summed E-state index contributed by atoms with van der Waals surface area (Å²) in [6, 6.07) is 11.7. The van der Waals surface area contributed by atoms with Crippen LogP contribution in [0.5, 0.6) is 17.2 Å². The third-order valence-corrected chi connectivity index (χ3v) is 2.59. The maximum Gasteiger partial charge on any atom is 0.169 e. The zero-order valence-electron chi connectivity index (χ0n) is 10.3. The molecule has 0 saturated heterocycles. The Bertz CT molecular complexity index is 605. The molecule has 0 spiro atoms. The van der Waals surface area contributed by atoms with Crippen molar-refractivity contribution in [1.29, 1.82) is 0 Å². The summed E-state index contributed by atoms with van der Waals surface area (Å²) in [6.07, 6.45) is 1.38. The van der Waals surface area contributed by atoms with Crippen LogP contribution in [0.15, 0.2) is 42.5 Å². The normalized spacial score (nSPS) is 9.74. The minimum absolute atomic E-state index is 0.323. The first-order valence-electron chi connectivity index (χ1n) is 5.63. The van der Waals surface area contributed by atoms with Crippen molar-refractivity contribution in [3.63, 3.8) is 0 Å². The van der Waals surface area contributed by atoms with Gasteiger partial charge in [0, 0.05) is 5.56 Å². The van der Waals surface area contributed by atoms with Gasteiger partial charge in [-0.3, -0.25) is 9.59 Å². The average Bonchev–Trinajstić information content (AvgIpc) is 2.47. The summed E-state index contributed by atoms with van der Waals surface area (Å²) in [6.45, 7) is 0. The number of carbonyl (C=O) groups is 2. The number of carbonyl (C=O) groups excluding carboxylic acids is 2. The van der Waals surface area contributed by atoms with E-state index < -0.39 is 0 Å². The van der Waals surface area contributed by atoms with E-state index in [-0.39, 0.29) is 0 Å². The summed E-state index contributed by atoms with van der Waals surface area (Å²) in [5, 5.41) is 0. The summed E-state index contributed by atoms with van der Waals surface area (Å²) >= 11 is 0. The molecule has 0 saturated carbocycles. The summed E-state index contributed by atoms with van der Waals surface area (Å²) in [5.74, 6) is 1.36. The largest absolute Gasteiger partial charge is 0.493 e. The van der Waals surface area contributed by atoms with Crippen LogP contribution < -0.4 is 9.47 Å². The summed E-state index contributed by atoms with van der Waals surface area (Å²) in [4.78, 5) is 21.7. The lowest BCUT2D eigenvalue weighted by Gasteiger charge is -2.11. The Kier molecular flexibility index (Phi) is 3.93. The molecule has 0 fully saturated rings. The molecule has 4 heteroatoms. The fourth-order valence-corrected chi connectivity index (χ4v) is 1.63. The second kappa shape index (κ2) is 5.82. The Morgan fingerprint density at radius 1 is 0.895 bits per heavy atom. The van der Waals surface area contributed by atoms with E-state index in [4.69, 9.17) is 9.47 Å². The maximum absolute atomic E-state index is 11.0. The number of hydrogen-bond acceptors (Lipinski definition) is 4. The van der Waals surface area contributed by atoms with E-state index in [9.17, 15) is 9.59 Å². The number of aldehydes is 2. The predicted molar refractivity (Wildman–Crippen MR) is 70.3 cm³/mol. The Labute approximate surface area is 110 Å². The minimum Gasteiger partial charge on any atom is -0.493 e. The van der Waals surface area contributed by atoms with Crippen LogP contribution in [0.2, 0.25) is 0 Å². The van der Waals surface area contributed by atoms with Gasteiger partial charge in [0.15, 0.2) is 17.8 Å². The van der Waals surface area contributed by atoms with Crippen molar-refractivity contribution in [2.24, 2.45) is 0 Å². The SMILES string of the molecule is COc1ccccc1Oc1cc(C=O)ccc1C=O. The topological polar surface area (TPSA) is 52.6 Å². The molecule has 19 heavy (non-hydrogen) atoms. The standard InChI is InChI=1S/C15H12O4/c1-18-13-4-2-3-5-14(13)19-15-8-11(9-16)6-7-12(15)10-17/h2-10H,1H3. The second-order valence-corrected chi connectivity index (χ2v) is 3.79. The smallest absolute Gasteiger partial charge is 0.169 e. The number of para-hydroxylation sites is 2. The molecular weight excluding hydrogens is 244 g/mol. The van der Waals surface area contributed by atoms with E-state index >= 15 is 0 Å². The van der Waals surface area contributed by atoms with Crippen LogP contribution in [0.1, 0.15) is 20.7 Å². The maximum atomic E-state index is 11.0. The first-order valence-corrected chi connectivity index (χ1v) is 5.63. The van der Waals surface area contributed by atoms with Crippen LogP contribution in [0, 0.1) is 0 Å². The average molecular weight is 256 g/mol. The molecule has 0 heterocycles. The number of rotatable bonds is 5. The number of hydrogen-bond donors (Lipinski definition) is 0. The van der Waals surface area contributed by atoms with Crippen LogP contribution in [0.4, 0.5) is 0 Å². The fourth-order valence-electron chi connectivity index (χ4n) is 1.63. The van der Waals surface area contributed by atoms with Gasteiger partial charge in [0.05, 0.1) is 12.7 Å². The van der Waals surface area contributed by atoms with Gasteiger partial charge < -0.3 is 9.47 Å². The van der Waals surface area contributed by atoms with Crippen molar-refractivity contribution in [2.45, 2.75) is 0 Å². The molecule has 0 aliphatic heterocycles. The highest BCUT2D eigenvalue weighted by Gasteiger charge is 2.09. The zero-order chi connectivity index (χ0) is 13.7. The van der Waals surface area contributed by atoms with Crippen LogP contribution in [-0.4, -0.2) is 19.7 Å². The number of ether oxygens (including phenoxy) is 2. The van der Waals surface area contributed by atoms with E-state index in [2.05, 4.69) is 0 Å². The zero-order valence-corrected chi connectivity index (χ0v) is 10.3. The van der Waals surface area contributed by atoms with E-state index in [0.717, 1.165) is 0 Å². The molecule has 0 aliphatic carbocycles. The summed E-state index contributed by atoms with van der Waals surface area (Å²) in [5.41, 5.74) is 0.812. The summed E-state index contributed by atoms with van der Waals surface area (Å²) < 4.78 is 10.8. The lowest BCUT2D eigenvalue weighted by atomic mass is 10.1. The van der Waals surface area contributed by atoms with Gasteiger partial charge in [-0.15, -0.1) is 0 Å². The third-order valence-electron chi connectivity index (χ3n) is 2.59. The van der Waals surface area contributed by atoms with Gasteiger partial charge in [-0.2, -0.15) is 0 Å². The third kappa shape index (κ3) is 2.80. The van der Waals surface area contributed by atoms with Gasteiger partial charge in [-0.1, -0.05) is 18.2 Å². The molecule has 96 valence electrons. The van der Waals surface area contributed by atoms with Crippen LogP contribution >= 0.6 is 0 Å². The van der Waals surface area contributed by atoms with Crippen molar-refractivity contribution in [1.82, 2.24) is 0 Å². The Balaban J connectivity index is 2.41. The van der Waals surface area contributed by atoms with Crippen molar-refractivity contribution < 1.29 is 19.1 Å². The molecular formula is C15H12O4. The minimum atomic E-state index is 0.323. The van der Waals surface area contributed by atoms with Gasteiger partial charge in [0.2, 0.25) is 0 Å². The Hall–Kier alpha value is -2.62. The molecule has 0 aromatic heterocycles. The first-order chi connectivity index (χ1) is 9.28. The second-order valence-electron chi connectivity index (χ2n) is 3.79. The molecule has 0 amide bonds. The lowest BCUT2D eigenvalue weighted by molar-refractivity contribution is 0.111. The highest BCUT2D eigenvalue weighted by atomic mass is 16.5. The highest BCUT2D eigenvalue weighted by Crippen LogP contribution is 2.32. The predicted octanol–water partition coefficient (Wildman–Crippen LogP) is 3.11. The van der Waals surface area contributed by atoms with E-state index in [1.54, 1.807) is 30.3 Å². The molecule has 0 unspecified atom stereocenters. The molecule has 0 aliphatic rings. The number of methoxy groups -OCH3 is 1. The molecule has 0 atom stereocenters. The van der Waals surface area contributed by atoms with Crippen molar-refractivity contribution in [2.75, 3.05) is 7.11 Å². The molecule has 2 rings (SSSR count). The summed E-state index contributed by atoms with van der Waals surface area (Å²) in [7, 11) is 1.53. The van der Waals surface area contributed by atoms with E-state index in [0.29, 0.717) is 40.9 Å². The molecule has 2 aromatic carbocycles. The van der Waals surface area contributed by atoms with Crippen molar-refractivity contribution in [3.8, 4) is 17.2 Å². The molecule has 2 aromatic rings. The quantitative estimate of drug-likeness (QED) is 0.771. The Morgan fingerprint density at radius 3 is 2.26 bits per heavy atom. The van der Waals surface area contributed by atoms with Crippen LogP contribution in [-0.2, 0) is 0 Å². The van der Waals surface area contributed by atoms with Crippen molar-refractivity contribution in [3.05, 3.63) is 53.6 Å². The molecule has 0 bridgehead atoms. The van der Waals surface area contributed by atoms with Gasteiger partial charge in [0.1, 0.15) is 12.0 Å². The van der Waals surface area contributed by atoms with Gasteiger partial charge in [-0.25, -0.2) is 0 Å². The van der Waals surface area contributed by atoms with Gasteiger partial charge >= 0.3 is 0 Å². The molecule has 4 nitrogen and oxygen atoms in total. The van der Waals surface area contributed by atoms with Crippen LogP contribution in [0.25, 0.3) is 0 Å². The van der Waals surface area contributed by atoms with Crippen molar-refractivity contribution >= 4 is 12.6 Å². The Morgan fingerprint density at radius 2 is 1.63 bits per heavy atom. The van der Waals surface area contributed by atoms with Gasteiger partial charge in [-0.05, 0) is 24.3 Å². The number of benzene rings is 2. The molecule has 0 radical (unpaired) electrons. The van der Waals surface area contributed by atoms with Crippen LogP contribution in [0.3, 0.4) is 0 Å². The first kappa shape index (κ1) is 12.8. The van der Waals surface area contributed by atoms with Gasteiger partial charge in [0.25, 0.3) is 0 Å². The van der Waals surface area contributed by atoms with E-state index in [1.807, 2.05) is 6.07 Å².